The number of hydrogen-bond acceptors (Lipinski definition) is 3. The monoisotopic (exact) mass is 160 g/mol. The van der Waals surface area contributed by atoms with Crippen LogP contribution < -0.4 is 0 Å². The van der Waals surface area contributed by atoms with E-state index in [0.717, 1.165) is 6.08 Å². The molecule has 1 heterocycles. The minimum atomic E-state index is -0.981. The summed E-state index contributed by atoms with van der Waals surface area (Å²) in [5.41, 5.74) is 0. The quantitative estimate of drug-likeness (QED) is 0.475. The number of methoxy groups -OCH3 is 1. The maximum Gasteiger partial charge on any atom is 0.327 e. The summed E-state index contributed by atoms with van der Waals surface area (Å²) in [6.07, 6.45) is 1.28. The molecule has 11 heavy (non-hydrogen) atoms. The average molecular weight is 160 g/mol. The van der Waals surface area contributed by atoms with Crippen molar-refractivity contribution < 1.29 is 19.4 Å². The molecule has 0 amide bonds. The molecule has 1 aliphatic heterocycles. The molecule has 64 valence electrons. The molecule has 2 atom stereocenters. The Labute approximate surface area is 65.4 Å². The molecule has 0 saturated carbocycles. The number of aliphatic carboxylic acids is 1. The van der Waals surface area contributed by atoms with Gasteiger partial charge < -0.3 is 14.6 Å². The summed E-state index contributed by atoms with van der Waals surface area (Å²) in [6.45, 7) is 4.94. The van der Waals surface area contributed by atoms with Crippen molar-refractivity contribution in [2.45, 2.75) is 19.3 Å². The Morgan fingerprint density at radius 3 is 2.18 bits per heavy atom. The van der Waals surface area contributed by atoms with E-state index in [1.165, 1.54) is 0 Å². The Bertz CT molecular complexity index is 141. The Morgan fingerprint density at radius 1 is 1.82 bits per heavy atom. The zero-order valence-electron chi connectivity index (χ0n) is 6.61. The number of rotatable bonds is 2. The Morgan fingerprint density at radius 2 is 2.18 bits per heavy atom. The fourth-order valence-electron chi connectivity index (χ4n) is 0.413. The van der Waals surface area contributed by atoms with Crippen LogP contribution in [-0.4, -0.2) is 30.6 Å². The SMILES string of the molecule is C=CC(=O)O.COC1OC1C. The van der Waals surface area contributed by atoms with Crippen molar-refractivity contribution in [1.82, 2.24) is 0 Å². The van der Waals surface area contributed by atoms with E-state index in [2.05, 4.69) is 6.58 Å². The van der Waals surface area contributed by atoms with Gasteiger partial charge in [0.05, 0.1) is 0 Å². The summed E-state index contributed by atoms with van der Waals surface area (Å²) in [7, 11) is 1.65. The lowest BCUT2D eigenvalue weighted by Gasteiger charge is -1.79. The van der Waals surface area contributed by atoms with Crippen molar-refractivity contribution in [3.8, 4) is 0 Å². The van der Waals surface area contributed by atoms with Crippen LogP contribution in [0.3, 0.4) is 0 Å². The third-order valence-electron chi connectivity index (χ3n) is 1.06. The summed E-state index contributed by atoms with van der Waals surface area (Å²) in [5.74, 6) is -0.981. The van der Waals surface area contributed by atoms with Gasteiger partial charge in [0.25, 0.3) is 0 Å². The predicted molar refractivity (Wildman–Crippen MR) is 39.2 cm³/mol. The van der Waals surface area contributed by atoms with Crippen molar-refractivity contribution >= 4 is 5.97 Å². The maximum absolute atomic E-state index is 9.25. The number of ether oxygens (including phenoxy) is 2. The van der Waals surface area contributed by atoms with Crippen molar-refractivity contribution in [3.63, 3.8) is 0 Å². The molecule has 1 N–H and O–H groups in total. The minimum Gasteiger partial charge on any atom is -0.478 e. The van der Waals surface area contributed by atoms with Crippen molar-refractivity contribution in [1.29, 1.82) is 0 Å². The first kappa shape index (κ1) is 10.1. The Balaban J connectivity index is 0.000000187. The van der Waals surface area contributed by atoms with Gasteiger partial charge in [0.15, 0.2) is 6.29 Å². The van der Waals surface area contributed by atoms with Gasteiger partial charge in [0.2, 0.25) is 0 Å². The largest absolute Gasteiger partial charge is 0.478 e. The van der Waals surface area contributed by atoms with Crippen LogP contribution in [-0.2, 0) is 14.3 Å². The lowest BCUT2D eigenvalue weighted by Crippen LogP contribution is -1.89. The molecule has 4 heteroatoms. The van der Waals surface area contributed by atoms with E-state index >= 15 is 0 Å². The molecule has 2 unspecified atom stereocenters. The molecule has 0 bridgehead atoms. The van der Waals surface area contributed by atoms with Gasteiger partial charge in [0, 0.05) is 13.2 Å². The highest BCUT2D eigenvalue weighted by atomic mass is 16.8. The van der Waals surface area contributed by atoms with Crippen molar-refractivity contribution in [3.05, 3.63) is 12.7 Å². The fraction of sp³-hybridized carbons (Fsp3) is 0.571. The summed E-state index contributed by atoms with van der Waals surface area (Å²) < 4.78 is 9.59. The highest BCUT2D eigenvalue weighted by Crippen LogP contribution is 2.20. The van der Waals surface area contributed by atoms with E-state index in [4.69, 9.17) is 14.6 Å². The van der Waals surface area contributed by atoms with Crippen LogP contribution in [0.25, 0.3) is 0 Å². The molecule has 0 radical (unpaired) electrons. The lowest BCUT2D eigenvalue weighted by atomic mass is 10.5. The van der Waals surface area contributed by atoms with Crippen LogP contribution in [0.1, 0.15) is 6.92 Å². The van der Waals surface area contributed by atoms with Crippen molar-refractivity contribution in [2.24, 2.45) is 0 Å². The van der Waals surface area contributed by atoms with E-state index in [9.17, 15) is 4.79 Å². The topological polar surface area (TPSA) is 59.1 Å². The normalized spacial score (nSPS) is 26.4. The molecule has 0 aromatic carbocycles. The van der Waals surface area contributed by atoms with E-state index in [0.29, 0.717) is 6.10 Å². The zero-order valence-corrected chi connectivity index (χ0v) is 6.61. The zero-order chi connectivity index (χ0) is 8.85. The van der Waals surface area contributed by atoms with Crippen LogP contribution >= 0.6 is 0 Å². The van der Waals surface area contributed by atoms with Crippen molar-refractivity contribution in [2.75, 3.05) is 7.11 Å². The third-order valence-corrected chi connectivity index (χ3v) is 1.06. The number of hydrogen-bond donors (Lipinski definition) is 1. The maximum atomic E-state index is 9.25. The molecule has 1 rings (SSSR count). The van der Waals surface area contributed by atoms with Gasteiger partial charge >= 0.3 is 5.97 Å². The van der Waals surface area contributed by atoms with Gasteiger partial charge in [-0.2, -0.15) is 0 Å². The van der Waals surface area contributed by atoms with E-state index < -0.39 is 5.97 Å². The molecule has 1 fully saturated rings. The smallest absolute Gasteiger partial charge is 0.327 e. The summed E-state index contributed by atoms with van der Waals surface area (Å²) in [6, 6.07) is 0. The van der Waals surface area contributed by atoms with E-state index in [1.54, 1.807) is 7.11 Å². The second kappa shape index (κ2) is 4.87. The first-order valence-corrected chi connectivity index (χ1v) is 3.15. The van der Waals surface area contributed by atoms with Gasteiger partial charge in [-0.05, 0) is 6.92 Å². The van der Waals surface area contributed by atoms with Crippen LogP contribution in [0.4, 0.5) is 0 Å². The van der Waals surface area contributed by atoms with Crippen LogP contribution in [0.15, 0.2) is 12.7 Å². The molecule has 0 aliphatic carbocycles. The van der Waals surface area contributed by atoms with Crippen LogP contribution in [0.2, 0.25) is 0 Å². The van der Waals surface area contributed by atoms with Gasteiger partial charge in [-0.25, -0.2) is 4.79 Å². The average Bonchev–Trinajstić information content (AvgIpc) is 2.67. The minimum absolute atomic E-state index is 0.102. The number of carboxylic acids is 1. The molecule has 1 saturated heterocycles. The number of epoxide rings is 1. The van der Waals surface area contributed by atoms with Crippen LogP contribution in [0, 0.1) is 0 Å². The second-order valence-corrected chi connectivity index (χ2v) is 1.99. The summed E-state index contributed by atoms with van der Waals surface area (Å²) in [4.78, 5) is 9.25. The van der Waals surface area contributed by atoms with Gasteiger partial charge in [-0.15, -0.1) is 0 Å². The van der Waals surface area contributed by atoms with Crippen LogP contribution in [0.5, 0.6) is 0 Å². The third kappa shape index (κ3) is 5.57. The molecule has 4 nitrogen and oxygen atoms in total. The first-order chi connectivity index (χ1) is 5.11. The lowest BCUT2D eigenvalue weighted by molar-refractivity contribution is -0.131. The molecule has 0 aromatic heterocycles. The first-order valence-electron chi connectivity index (χ1n) is 3.15. The Hall–Kier alpha value is -0.870. The van der Waals surface area contributed by atoms with Gasteiger partial charge in [-0.1, -0.05) is 6.58 Å². The number of carboxylic acid groups (broad SMARTS) is 1. The number of carbonyl (C=O) groups is 1. The van der Waals surface area contributed by atoms with E-state index in [-0.39, 0.29) is 6.29 Å². The second-order valence-electron chi connectivity index (χ2n) is 1.99. The molecular weight excluding hydrogens is 148 g/mol. The predicted octanol–water partition coefficient (Wildman–Crippen LogP) is 0.635. The van der Waals surface area contributed by atoms with Gasteiger partial charge in [-0.3, -0.25) is 0 Å². The summed E-state index contributed by atoms with van der Waals surface area (Å²) in [5, 5.41) is 7.60. The van der Waals surface area contributed by atoms with E-state index in [1.807, 2.05) is 6.92 Å². The highest BCUT2D eigenvalue weighted by molar-refractivity contribution is 5.78. The molecule has 1 aliphatic rings. The highest BCUT2D eigenvalue weighted by Gasteiger charge is 2.33. The molecule has 0 spiro atoms. The fourth-order valence-corrected chi connectivity index (χ4v) is 0.413. The molecule has 0 aromatic rings. The molecular formula is C7H12O4. The standard InChI is InChI=1S/C4H8O2.C3H4O2/c1-3-4(5-2)6-3;1-2-3(4)5/h3-4H,1-2H3;2H,1H2,(H,4,5). The summed E-state index contributed by atoms with van der Waals surface area (Å²) >= 11 is 0. The Kier molecular flexibility index (Phi) is 4.49. The van der Waals surface area contributed by atoms with Gasteiger partial charge in [0.1, 0.15) is 6.10 Å².